The van der Waals surface area contributed by atoms with Crippen molar-refractivity contribution >= 4 is 14.3 Å². The molecule has 0 saturated carbocycles. The van der Waals surface area contributed by atoms with E-state index in [0.29, 0.717) is 0 Å². The zero-order chi connectivity index (χ0) is 9.41. The summed E-state index contributed by atoms with van der Waals surface area (Å²) in [6.07, 6.45) is 1.90. The molecule has 65 valence electrons. The maximum atomic E-state index is 8.97. The van der Waals surface area contributed by atoms with Crippen molar-refractivity contribution in [3.8, 4) is 5.97 Å². The van der Waals surface area contributed by atoms with Crippen molar-refractivity contribution in [3.05, 3.63) is 0 Å². The van der Waals surface area contributed by atoms with Crippen LogP contribution in [0.15, 0.2) is 0 Å². The molecule has 0 bridgehead atoms. The molecule has 0 N–H and O–H groups in total. The Morgan fingerprint density at radius 3 is 2.33 bits per heavy atom. The molecule has 12 heavy (non-hydrogen) atoms. The lowest BCUT2D eigenvalue weighted by Crippen LogP contribution is -2.70. The molecule has 1 fully saturated rings. The van der Waals surface area contributed by atoms with E-state index in [1.54, 1.807) is 0 Å². The van der Waals surface area contributed by atoms with Gasteiger partial charge >= 0.3 is 0 Å². The van der Waals surface area contributed by atoms with Crippen LogP contribution in [0.5, 0.6) is 0 Å². The van der Waals surface area contributed by atoms with Crippen molar-refractivity contribution < 1.29 is 8.79 Å². The zero-order valence-electron chi connectivity index (χ0n) is 8.41. The third-order valence-corrected chi connectivity index (χ3v) is 2.68. The number of nitriles is 1. The van der Waals surface area contributed by atoms with Gasteiger partial charge in [0.1, 0.15) is 0 Å². The standard InChI is InChI=1S/C7H16B2N3/c1-11(2)7-9(6-10)12(3,4)5-8-11/h5,7H2,1-4H3. The lowest BCUT2D eigenvalue weighted by Gasteiger charge is -2.61. The van der Waals surface area contributed by atoms with Crippen LogP contribution in [-0.2, 0) is 0 Å². The van der Waals surface area contributed by atoms with Gasteiger partial charge in [-0.1, -0.05) is 6.44 Å². The Labute approximate surface area is 76.1 Å². The molecular weight excluding hydrogens is 148 g/mol. The van der Waals surface area contributed by atoms with Crippen molar-refractivity contribution in [1.82, 2.24) is 0 Å². The van der Waals surface area contributed by atoms with Gasteiger partial charge in [0.05, 0.1) is 7.41 Å². The average molecular weight is 164 g/mol. The maximum Gasteiger partial charge on any atom is 0.291 e. The largest absolute Gasteiger partial charge is 0.587 e. The molecule has 5 heteroatoms. The Balaban J connectivity index is 2.75. The number of rotatable bonds is 0. The summed E-state index contributed by atoms with van der Waals surface area (Å²) in [7, 11) is 10.8. The van der Waals surface area contributed by atoms with E-state index in [1.165, 1.54) is 0 Å². The van der Waals surface area contributed by atoms with Gasteiger partial charge in [-0.25, -0.2) is 5.26 Å². The molecular formula is C7H16B2N3. The van der Waals surface area contributed by atoms with E-state index in [9.17, 15) is 0 Å². The van der Waals surface area contributed by atoms with E-state index in [-0.39, 0.29) is 6.85 Å². The SMILES string of the molecule is C[N+]1(C)[B-]C[N+](C)(C)[B-](C#N)C1. The van der Waals surface area contributed by atoms with Crippen LogP contribution in [0.3, 0.4) is 0 Å². The second kappa shape index (κ2) is 2.79. The molecule has 1 saturated heterocycles. The first kappa shape index (κ1) is 9.63. The predicted octanol–water partition coefficient (Wildman–Crippen LogP) is -0.677. The third-order valence-electron chi connectivity index (χ3n) is 2.68. The van der Waals surface area contributed by atoms with Crippen molar-refractivity contribution in [2.75, 3.05) is 41.1 Å². The summed E-state index contributed by atoms with van der Waals surface area (Å²) in [5.74, 6) is 2.39. The maximum absolute atomic E-state index is 8.97. The normalized spacial score (nSPS) is 27.9. The van der Waals surface area contributed by atoms with E-state index in [2.05, 4.69) is 41.6 Å². The van der Waals surface area contributed by atoms with Gasteiger partial charge in [0, 0.05) is 28.2 Å². The minimum absolute atomic E-state index is 0.130. The van der Waals surface area contributed by atoms with Crippen molar-refractivity contribution in [2.45, 2.75) is 0 Å². The van der Waals surface area contributed by atoms with Crippen LogP contribution in [0.25, 0.3) is 0 Å². The molecule has 0 amide bonds. The van der Waals surface area contributed by atoms with Crippen LogP contribution in [0.4, 0.5) is 0 Å². The first-order valence-electron chi connectivity index (χ1n) is 4.27. The van der Waals surface area contributed by atoms with E-state index in [4.69, 9.17) is 5.26 Å². The van der Waals surface area contributed by atoms with Crippen LogP contribution >= 0.6 is 0 Å². The molecule has 0 spiro atoms. The van der Waals surface area contributed by atoms with Crippen LogP contribution in [-0.4, -0.2) is 64.1 Å². The summed E-state index contributed by atoms with van der Waals surface area (Å²) >= 11 is 0. The fourth-order valence-electron chi connectivity index (χ4n) is 1.50. The van der Waals surface area contributed by atoms with E-state index >= 15 is 0 Å². The third kappa shape index (κ3) is 1.82. The minimum atomic E-state index is 0.130. The van der Waals surface area contributed by atoms with Crippen molar-refractivity contribution in [3.63, 3.8) is 0 Å². The van der Waals surface area contributed by atoms with Gasteiger partial charge in [-0.3, -0.25) is 0 Å². The fraction of sp³-hybridized carbons (Fsp3) is 0.857. The van der Waals surface area contributed by atoms with Crippen LogP contribution in [0, 0.1) is 11.2 Å². The highest BCUT2D eigenvalue weighted by Gasteiger charge is 2.27. The molecule has 0 aliphatic carbocycles. The lowest BCUT2D eigenvalue weighted by molar-refractivity contribution is -0.838. The topological polar surface area (TPSA) is 23.8 Å². The first-order valence-corrected chi connectivity index (χ1v) is 4.27. The van der Waals surface area contributed by atoms with E-state index < -0.39 is 0 Å². The summed E-state index contributed by atoms with van der Waals surface area (Å²) in [5, 5.41) is 8.97. The second-order valence-electron chi connectivity index (χ2n) is 4.75. The van der Waals surface area contributed by atoms with Gasteiger partial charge < -0.3 is 8.79 Å². The molecule has 1 heterocycles. The molecule has 3 radical (unpaired) electrons. The highest BCUT2D eigenvalue weighted by Crippen LogP contribution is 2.12. The van der Waals surface area contributed by atoms with Gasteiger partial charge in [-0.15, -0.1) is 5.97 Å². The molecule has 0 unspecified atom stereocenters. The van der Waals surface area contributed by atoms with Gasteiger partial charge in [0.25, 0.3) is 6.85 Å². The summed E-state index contributed by atoms with van der Waals surface area (Å²) in [6.45, 7) is 0.130. The number of hydrogen-bond donors (Lipinski definition) is 0. The van der Waals surface area contributed by atoms with Crippen molar-refractivity contribution in [2.24, 2.45) is 0 Å². The Bertz CT molecular complexity index is 219. The van der Waals surface area contributed by atoms with Gasteiger partial charge in [0.15, 0.2) is 0 Å². The van der Waals surface area contributed by atoms with E-state index in [1.807, 2.05) is 0 Å². The van der Waals surface area contributed by atoms with Crippen LogP contribution in [0.2, 0.25) is 0 Å². The number of nitrogens with zero attached hydrogens (tertiary/aromatic N) is 3. The van der Waals surface area contributed by atoms with E-state index in [0.717, 1.165) is 21.7 Å². The smallest absolute Gasteiger partial charge is 0.291 e. The molecule has 0 aromatic carbocycles. The predicted molar refractivity (Wildman–Crippen MR) is 51.1 cm³/mol. The summed E-state index contributed by atoms with van der Waals surface area (Å²) in [5.41, 5.74) is 0. The Hall–Kier alpha value is -0.460. The molecule has 0 aromatic heterocycles. The average Bonchev–Trinajstić information content (AvgIpc) is 1.95. The molecule has 0 aromatic rings. The van der Waals surface area contributed by atoms with Crippen LogP contribution < -0.4 is 0 Å². The Morgan fingerprint density at radius 1 is 1.33 bits per heavy atom. The summed E-state index contributed by atoms with van der Waals surface area (Å²) in [4.78, 5) is 0. The summed E-state index contributed by atoms with van der Waals surface area (Å²) < 4.78 is 1.66. The lowest BCUT2D eigenvalue weighted by atomic mass is 9.53. The molecule has 1 rings (SSSR count). The molecule has 3 nitrogen and oxygen atoms in total. The number of quaternary nitrogens is 2. The Morgan fingerprint density at radius 2 is 1.92 bits per heavy atom. The quantitative estimate of drug-likeness (QED) is 0.435. The highest BCUT2D eigenvalue weighted by atomic mass is 15.3. The highest BCUT2D eigenvalue weighted by molar-refractivity contribution is 6.61. The molecule has 1 aliphatic rings. The Kier molecular flexibility index (Phi) is 2.24. The van der Waals surface area contributed by atoms with Crippen molar-refractivity contribution in [1.29, 1.82) is 5.26 Å². The minimum Gasteiger partial charge on any atom is -0.587 e. The molecule has 1 aliphatic heterocycles. The second-order valence-corrected chi connectivity index (χ2v) is 4.75. The van der Waals surface area contributed by atoms with Gasteiger partial charge in [-0.05, 0) is 6.44 Å². The summed E-state index contributed by atoms with van der Waals surface area (Å²) in [6, 6.07) is 0. The zero-order valence-corrected chi connectivity index (χ0v) is 8.41. The van der Waals surface area contributed by atoms with Gasteiger partial charge in [-0.2, -0.15) is 0 Å². The monoisotopic (exact) mass is 164 g/mol. The van der Waals surface area contributed by atoms with Crippen LogP contribution in [0.1, 0.15) is 0 Å². The fourth-order valence-corrected chi connectivity index (χ4v) is 1.50. The van der Waals surface area contributed by atoms with Gasteiger partial charge in [0.2, 0.25) is 0 Å². The number of hydrogen-bond acceptors (Lipinski definition) is 1. The molecule has 0 atom stereocenters. The first-order chi connectivity index (χ1) is 5.37.